The molecule has 0 aromatic carbocycles. The molecular formula is C3H4AuNO. The molecule has 0 aromatic heterocycles. The fourth-order valence-electron chi connectivity index (χ4n) is 0.293. The van der Waals surface area contributed by atoms with Crippen LogP contribution in [0.2, 0.25) is 0 Å². The van der Waals surface area contributed by atoms with Gasteiger partial charge in [0.15, 0.2) is 0 Å². The van der Waals surface area contributed by atoms with Gasteiger partial charge in [0, 0.05) is 0 Å². The molecule has 0 saturated carbocycles. The normalized spacial score (nSPS) is 20.0. The standard InChI is InChI=1S/C3H4NO.Au/c1-2-5-3-4-1;/h1-2H2;. The second-order valence-electron chi connectivity index (χ2n) is 0.950. The summed E-state index contributed by atoms with van der Waals surface area (Å²) < 4.78 is 5.65. The zero-order chi connectivity index (χ0) is 4.41. The van der Waals surface area contributed by atoms with Gasteiger partial charge in [0.2, 0.25) is 0 Å². The van der Waals surface area contributed by atoms with E-state index in [2.05, 4.69) is 26.1 Å². The van der Waals surface area contributed by atoms with E-state index >= 15 is 0 Å². The number of hydrogen-bond acceptors (Lipinski definition) is 2. The third-order valence-electron chi connectivity index (χ3n) is 0.525. The summed E-state index contributed by atoms with van der Waals surface area (Å²) in [6.45, 7) is 1.61. The van der Waals surface area contributed by atoms with Crippen LogP contribution in [0.1, 0.15) is 0 Å². The Bertz CT molecular complexity index is 80.9. The van der Waals surface area contributed by atoms with Gasteiger partial charge in [-0.2, -0.15) is 0 Å². The molecule has 0 spiro atoms. The second kappa shape index (κ2) is 1.78. The molecule has 3 heteroatoms. The third-order valence-corrected chi connectivity index (χ3v) is 1.18. The Kier molecular flexibility index (Phi) is 1.29. The molecule has 6 heavy (non-hydrogen) atoms. The minimum atomic E-state index is 0.770. The minimum absolute atomic E-state index is 0.770. The van der Waals surface area contributed by atoms with Gasteiger partial charge in [0.05, 0.1) is 0 Å². The van der Waals surface area contributed by atoms with E-state index in [0.29, 0.717) is 0 Å². The fourth-order valence-corrected chi connectivity index (χ4v) is 0.756. The molecule has 0 saturated heterocycles. The van der Waals surface area contributed by atoms with E-state index in [4.69, 9.17) is 4.74 Å². The van der Waals surface area contributed by atoms with Crippen molar-refractivity contribution in [3.63, 3.8) is 0 Å². The molecule has 0 amide bonds. The zero-order valence-corrected chi connectivity index (χ0v) is 5.24. The molecule has 0 atom stereocenters. The Morgan fingerprint density at radius 3 is 2.83 bits per heavy atom. The molecular weight excluding hydrogens is 263 g/mol. The molecule has 1 heterocycles. The van der Waals surface area contributed by atoms with E-state index in [-0.39, 0.29) is 0 Å². The molecule has 38 valence electrons. The van der Waals surface area contributed by atoms with Gasteiger partial charge in [0.1, 0.15) is 0 Å². The van der Waals surface area contributed by atoms with E-state index < -0.39 is 0 Å². The SMILES string of the molecule is [Au][C]1=NCCO1. The van der Waals surface area contributed by atoms with Crippen LogP contribution in [0.5, 0.6) is 0 Å². The topological polar surface area (TPSA) is 21.6 Å². The van der Waals surface area contributed by atoms with Crippen LogP contribution in [0.25, 0.3) is 0 Å². The van der Waals surface area contributed by atoms with Crippen LogP contribution in [0.4, 0.5) is 0 Å². The summed E-state index contributed by atoms with van der Waals surface area (Å²) in [4.78, 5) is 3.91. The molecule has 2 nitrogen and oxygen atoms in total. The summed E-state index contributed by atoms with van der Waals surface area (Å²) in [6, 6.07) is 0. The summed E-state index contributed by atoms with van der Waals surface area (Å²) in [5.41, 5.74) is 0. The molecule has 1 rings (SSSR count). The summed E-state index contributed by atoms with van der Waals surface area (Å²) in [5.74, 6) is 0. The number of aliphatic imine (C=N–C) groups is 1. The van der Waals surface area contributed by atoms with Crippen molar-refractivity contribution in [1.29, 1.82) is 0 Å². The van der Waals surface area contributed by atoms with Crippen molar-refractivity contribution in [2.75, 3.05) is 13.2 Å². The molecule has 1 aliphatic rings. The quantitative estimate of drug-likeness (QED) is 0.562. The van der Waals surface area contributed by atoms with E-state index in [9.17, 15) is 0 Å². The van der Waals surface area contributed by atoms with E-state index in [1.807, 2.05) is 0 Å². The average Bonchev–Trinajstić information content (AvgIpc) is 1.86. The van der Waals surface area contributed by atoms with Gasteiger partial charge in [-0.25, -0.2) is 0 Å². The van der Waals surface area contributed by atoms with Gasteiger partial charge in [-0.3, -0.25) is 0 Å². The number of hydrogen-bond donors (Lipinski definition) is 0. The van der Waals surface area contributed by atoms with Crippen LogP contribution in [-0.2, 0) is 25.8 Å². The number of rotatable bonds is 0. The van der Waals surface area contributed by atoms with Crippen molar-refractivity contribution >= 4 is 4.12 Å². The monoisotopic (exact) mass is 267 g/mol. The Morgan fingerprint density at radius 1 is 1.83 bits per heavy atom. The Labute approximate surface area is 48.5 Å². The van der Waals surface area contributed by atoms with Crippen molar-refractivity contribution in [3.05, 3.63) is 0 Å². The van der Waals surface area contributed by atoms with Gasteiger partial charge in [0.25, 0.3) is 0 Å². The second-order valence-corrected chi connectivity index (χ2v) is 1.88. The molecule has 0 radical (unpaired) electrons. The van der Waals surface area contributed by atoms with Gasteiger partial charge >= 0.3 is 48.1 Å². The van der Waals surface area contributed by atoms with Gasteiger partial charge in [-0.1, -0.05) is 0 Å². The maximum atomic E-state index is 4.88. The average molecular weight is 267 g/mol. The van der Waals surface area contributed by atoms with Crippen LogP contribution in [0, 0.1) is 0 Å². The summed E-state index contributed by atoms with van der Waals surface area (Å²) in [6.07, 6.45) is 0. The van der Waals surface area contributed by atoms with Crippen LogP contribution in [-0.4, -0.2) is 17.3 Å². The Hall–Kier alpha value is 0.210. The van der Waals surface area contributed by atoms with Crippen molar-refractivity contribution in [2.24, 2.45) is 4.99 Å². The van der Waals surface area contributed by atoms with Crippen molar-refractivity contribution in [2.45, 2.75) is 0 Å². The first-order valence-corrected chi connectivity index (χ1v) is 2.77. The zero-order valence-electron chi connectivity index (χ0n) is 3.07. The first-order valence-electron chi connectivity index (χ1n) is 1.68. The maximum absolute atomic E-state index is 4.88. The molecule has 0 fully saturated rings. The first-order chi connectivity index (χ1) is 2.89. The molecule has 0 N–H and O–H groups in total. The van der Waals surface area contributed by atoms with Crippen molar-refractivity contribution in [3.8, 4) is 0 Å². The van der Waals surface area contributed by atoms with Gasteiger partial charge in [-0.15, -0.1) is 0 Å². The molecule has 0 aliphatic carbocycles. The molecule has 1 aliphatic heterocycles. The predicted octanol–water partition coefficient (Wildman–Crippen LogP) is -0.0806. The summed E-state index contributed by atoms with van der Waals surface area (Å²) in [7, 11) is 0. The Balaban J connectivity index is 2.45. The van der Waals surface area contributed by atoms with Crippen molar-refractivity contribution < 1.29 is 25.8 Å². The third kappa shape index (κ3) is 0.835. The van der Waals surface area contributed by atoms with Crippen LogP contribution in [0.3, 0.4) is 0 Å². The fraction of sp³-hybridized carbons (Fsp3) is 0.667. The van der Waals surface area contributed by atoms with E-state index in [1.165, 1.54) is 0 Å². The van der Waals surface area contributed by atoms with Crippen LogP contribution in [0.15, 0.2) is 4.99 Å². The Morgan fingerprint density at radius 2 is 2.67 bits per heavy atom. The number of nitrogens with zero attached hydrogens (tertiary/aromatic N) is 1. The van der Waals surface area contributed by atoms with Gasteiger partial charge < -0.3 is 0 Å². The van der Waals surface area contributed by atoms with Gasteiger partial charge in [-0.05, 0) is 0 Å². The summed E-state index contributed by atoms with van der Waals surface area (Å²) in [5, 5.41) is 0. The predicted molar refractivity (Wildman–Crippen MR) is 18.3 cm³/mol. The first kappa shape index (κ1) is 4.37. The van der Waals surface area contributed by atoms with Crippen LogP contribution >= 0.6 is 0 Å². The van der Waals surface area contributed by atoms with E-state index in [0.717, 1.165) is 17.3 Å². The number of ether oxygens (including phenoxy) is 1. The van der Waals surface area contributed by atoms with Crippen LogP contribution < -0.4 is 0 Å². The molecule has 0 bridgehead atoms. The molecule has 0 unspecified atom stereocenters. The van der Waals surface area contributed by atoms with E-state index in [1.54, 1.807) is 0 Å². The summed E-state index contributed by atoms with van der Waals surface area (Å²) >= 11 is 2.22. The van der Waals surface area contributed by atoms with Crippen molar-refractivity contribution in [1.82, 2.24) is 0 Å². The molecule has 0 aromatic rings.